The Hall–Kier alpha value is -2.20. The minimum atomic E-state index is -0.617. The molecule has 2 heterocycles. The zero-order valence-electron chi connectivity index (χ0n) is 25.5. The Morgan fingerprint density at radius 1 is 1.12 bits per heavy atom. The molecule has 1 aromatic rings. The van der Waals surface area contributed by atoms with Gasteiger partial charge < -0.3 is 9.84 Å². The molecule has 1 N–H and O–H groups in total. The number of fused-ring (bicyclic) bond motifs is 3. The number of rotatable bonds is 4. The first-order valence-corrected chi connectivity index (χ1v) is 15.6. The molecule has 40 heavy (non-hydrogen) atoms. The Bertz CT molecular complexity index is 1280. The first kappa shape index (κ1) is 27.9. The van der Waals surface area contributed by atoms with E-state index in [2.05, 4.69) is 70.7 Å². The van der Waals surface area contributed by atoms with Crippen molar-refractivity contribution in [3.63, 3.8) is 0 Å². The van der Waals surface area contributed by atoms with Gasteiger partial charge in [0.05, 0.1) is 25.2 Å². The van der Waals surface area contributed by atoms with Crippen molar-refractivity contribution < 1.29 is 14.6 Å². The molecule has 10 atom stereocenters. The van der Waals surface area contributed by atoms with Crippen LogP contribution in [0, 0.1) is 68.0 Å². The summed E-state index contributed by atoms with van der Waals surface area (Å²) in [6, 6.07) is 2.36. The third-order valence-electron chi connectivity index (χ3n) is 13.9. The summed E-state index contributed by atoms with van der Waals surface area (Å²) in [7, 11) is 0. The molecule has 1 saturated heterocycles. The van der Waals surface area contributed by atoms with Crippen molar-refractivity contribution in [2.45, 2.75) is 99.5 Å². The summed E-state index contributed by atoms with van der Waals surface area (Å²) in [5.74, 6) is 1.03. The van der Waals surface area contributed by atoms with Crippen LogP contribution in [-0.2, 0) is 9.53 Å². The number of aliphatic carboxylic acids is 1. The Kier molecular flexibility index (Phi) is 6.22. The zero-order valence-corrected chi connectivity index (χ0v) is 25.5. The first-order chi connectivity index (χ1) is 18.8. The van der Waals surface area contributed by atoms with E-state index in [1.54, 1.807) is 0 Å². The van der Waals surface area contributed by atoms with Gasteiger partial charge in [-0.05, 0) is 90.3 Å². The Morgan fingerprint density at radius 2 is 1.88 bits per heavy atom. The van der Waals surface area contributed by atoms with E-state index >= 15 is 0 Å². The molecule has 3 saturated carbocycles. The average molecular weight is 549 g/mol. The molecule has 9 unspecified atom stereocenters. The van der Waals surface area contributed by atoms with Crippen molar-refractivity contribution >= 4 is 5.97 Å². The standard InChI is InChI=1S/C33H48N4O3/c1-20(2)21(3)30(5)12-13-31(6)23-8-9-25-29(4)14-22(37-26(16-34)35-19-36-37)15-33(25,18-40-17-29)24(23)10-11-32(31,7)27(30)28(38)39/h10,19-23,25,27H,8-9,11-15,17-18H2,1-7H3,(H,38,39)/t21-,22?,23?,25?,27?,29?,30?,31?,32?,33?/m1/s1. The summed E-state index contributed by atoms with van der Waals surface area (Å²) >= 11 is 0. The molecule has 4 fully saturated rings. The first-order valence-electron chi connectivity index (χ1n) is 15.6. The van der Waals surface area contributed by atoms with Crippen LogP contribution in [0.15, 0.2) is 18.0 Å². The van der Waals surface area contributed by atoms with E-state index in [0.717, 1.165) is 51.6 Å². The molecule has 0 aromatic carbocycles. The van der Waals surface area contributed by atoms with Crippen molar-refractivity contribution in [1.82, 2.24) is 14.8 Å². The van der Waals surface area contributed by atoms with Gasteiger partial charge in [-0.2, -0.15) is 10.4 Å². The van der Waals surface area contributed by atoms with Crippen LogP contribution in [0.2, 0.25) is 0 Å². The number of allylic oxidation sites excluding steroid dienone is 1. The molecule has 218 valence electrons. The largest absolute Gasteiger partial charge is 0.481 e. The number of carboxylic acids is 1. The van der Waals surface area contributed by atoms with E-state index in [0.29, 0.717) is 36.1 Å². The quantitative estimate of drug-likeness (QED) is 0.422. The number of hydrogen-bond acceptors (Lipinski definition) is 5. The molecular formula is C33H48N4O3. The van der Waals surface area contributed by atoms with Crippen LogP contribution in [0.4, 0.5) is 0 Å². The number of hydrogen-bond donors (Lipinski definition) is 1. The lowest BCUT2D eigenvalue weighted by Crippen LogP contribution is -2.66. The fourth-order valence-electron chi connectivity index (χ4n) is 11.5. The van der Waals surface area contributed by atoms with Crippen molar-refractivity contribution in [1.29, 1.82) is 5.26 Å². The van der Waals surface area contributed by atoms with Crippen LogP contribution in [0.1, 0.15) is 105 Å². The van der Waals surface area contributed by atoms with Gasteiger partial charge >= 0.3 is 5.97 Å². The van der Waals surface area contributed by atoms with Gasteiger partial charge in [0.2, 0.25) is 5.82 Å². The van der Waals surface area contributed by atoms with E-state index in [4.69, 9.17) is 4.74 Å². The number of carboxylic acid groups (broad SMARTS) is 1. The number of nitrogens with zero attached hydrogens (tertiary/aromatic N) is 4. The molecule has 5 aliphatic rings. The van der Waals surface area contributed by atoms with Gasteiger partial charge in [0.15, 0.2) is 0 Å². The van der Waals surface area contributed by atoms with Gasteiger partial charge in [0, 0.05) is 5.41 Å². The van der Waals surface area contributed by atoms with Crippen LogP contribution in [0.25, 0.3) is 0 Å². The lowest BCUT2D eigenvalue weighted by molar-refractivity contribution is -0.213. The monoisotopic (exact) mass is 548 g/mol. The highest BCUT2D eigenvalue weighted by molar-refractivity contribution is 5.73. The van der Waals surface area contributed by atoms with Crippen molar-refractivity contribution in [3.8, 4) is 6.07 Å². The molecule has 0 radical (unpaired) electrons. The van der Waals surface area contributed by atoms with E-state index in [1.807, 2.05) is 4.68 Å². The molecule has 1 aliphatic heterocycles. The van der Waals surface area contributed by atoms with Crippen LogP contribution in [0.3, 0.4) is 0 Å². The molecule has 7 heteroatoms. The van der Waals surface area contributed by atoms with Crippen LogP contribution >= 0.6 is 0 Å². The van der Waals surface area contributed by atoms with E-state index < -0.39 is 5.97 Å². The van der Waals surface area contributed by atoms with E-state index in [9.17, 15) is 15.2 Å². The molecule has 0 spiro atoms. The van der Waals surface area contributed by atoms with Crippen LogP contribution < -0.4 is 0 Å². The lowest BCUT2D eigenvalue weighted by atomic mass is 9.34. The predicted octanol–water partition coefficient (Wildman–Crippen LogP) is 6.67. The molecule has 2 bridgehead atoms. The topological polar surface area (TPSA) is 101 Å². The van der Waals surface area contributed by atoms with Crippen molar-refractivity contribution in [2.24, 2.45) is 56.7 Å². The Labute approximate surface area is 239 Å². The fourth-order valence-corrected chi connectivity index (χ4v) is 11.5. The van der Waals surface area contributed by atoms with Crippen LogP contribution in [0.5, 0.6) is 0 Å². The molecule has 6 rings (SSSR count). The Balaban J connectivity index is 1.46. The maximum absolute atomic E-state index is 13.3. The highest BCUT2D eigenvalue weighted by Gasteiger charge is 2.70. The predicted molar refractivity (Wildman–Crippen MR) is 152 cm³/mol. The summed E-state index contributed by atoms with van der Waals surface area (Å²) < 4.78 is 8.35. The maximum atomic E-state index is 13.3. The third kappa shape index (κ3) is 3.41. The second-order valence-corrected chi connectivity index (χ2v) is 15.7. The van der Waals surface area contributed by atoms with Gasteiger partial charge in [-0.1, -0.05) is 60.1 Å². The highest BCUT2D eigenvalue weighted by Crippen LogP contribution is 2.75. The summed E-state index contributed by atoms with van der Waals surface area (Å²) in [5, 5.41) is 25.2. The molecule has 7 nitrogen and oxygen atoms in total. The van der Waals surface area contributed by atoms with Crippen LogP contribution in [-0.4, -0.2) is 39.1 Å². The SMILES string of the molecule is CC(C)[C@@H](C)C1(C)CCC2(C)C3CCC4C5(C)COCC4(CC(n4ncnc4C#N)C5)C3=CCC2(C)C1C(=O)O. The van der Waals surface area contributed by atoms with E-state index in [-0.39, 0.29) is 39.0 Å². The number of ether oxygens (including phenoxy) is 1. The maximum Gasteiger partial charge on any atom is 0.307 e. The number of carbonyl (C=O) groups is 1. The number of nitriles is 1. The lowest BCUT2D eigenvalue weighted by Gasteiger charge is -2.70. The average Bonchev–Trinajstić information content (AvgIpc) is 3.37. The smallest absolute Gasteiger partial charge is 0.307 e. The highest BCUT2D eigenvalue weighted by atomic mass is 16.5. The van der Waals surface area contributed by atoms with Gasteiger partial charge in [-0.25, -0.2) is 9.67 Å². The molecular weight excluding hydrogens is 500 g/mol. The van der Waals surface area contributed by atoms with Gasteiger partial charge in [-0.3, -0.25) is 4.79 Å². The summed E-state index contributed by atoms with van der Waals surface area (Å²) in [4.78, 5) is 17.5. The van der Waals surface area contributed by atoms with Crippen molar-refractivity contribution in [3.05, 3.63) is 23.8 Å². The molecule has 4 aliphatic carbocycles. The minimum Gasteiger partial charge on any atom is -0.481 e. The van der Waals surface area contributed by atoms with Crippen molar-refractivity contribution in [2.75, 3.05) is 13.2 Å². The Morgan fingerprint density at radius 3 is 2.55 bits per heavy atom. The summed E-state index contributed by atoms with van der Waals surface area (Å²) in [5.41, 5.74) is 0.781. The van der Waals surface area contributed by atoms with E-state index in [1.165, 1.54) is 11.9 Å². The van der Waals surface area contributed by atoms with Gasteiger partial charge in [-0.15, -0.1) is 0 Å². The molecule has 1 aromatic heterocycles. The summed E-state index contributed by atoms with van der Waals surface area (Å²) in [6.07, 6.45) is 10.9. The summed E-state index contributed by atoms with van der Waals surface area (Å²) in [6.45, 7) is 17.6. The second kappa shape index (κ2) is 8.90. The third-order valence-corrected chi connectivity index (χ3v) is 13.9. The van der Waals surface area contributed by atoms with Gasteiger partial charge in [0.1, 0.15) is 12.4 Å². The zero-order chi connectivity index (χ0) is 28.9. The minimum absolute atomic E-state index is 0.00867. The normalized spacial score (nSPS) is 46.8. The van der Waals surface area contributed by atoms with Gasteiger partial charge in [0.25, 0.3) is 0 Å². The number of aromatic nitrogens is 3. The fraction of sp³-hybridized carbons (Fsp3) is 0.818. The second-order valence-electron chi connectivity index (χ2n) is 15.7. The molecule has 0 amide bonds.